The van der Waals surface area contributed by atoms with Crippen LogP contribution in [0.3, 0.4) is 0 Å². The first-order valence-corrected chi connectivity index (χ1v) is 18.3. The van der Waals surface area contributed by atoms with E-state index in [1.807, 2.05) is 0 Å². The van der Waals surface area contributed by atoms with E-state index in [0.717, 1.165) is 52.4 Å². The Labute approximate surface area is 243 Å². The van der Waals surface area contributed by atoms with Crippen molar-refractivity contribution in [3.05, 3.63) is 59.7 Å². The van der Waals surface area contributed by atoms with Crippen LogP contribution in [0.25, 0.3) is 0 Å². The molecule has 0 bridgehead atoms. The molecule has 2 unspecified atom stereocenters. The molecule has 2 aromatic carbocycles. The van der Waals surface area contributed by atoms with Gasteiger partial charge in [-0.05, 0) is 35.8 Å². The van der Waals surface area contributed by atoms with Crippen LogP contribution in [0.2, 0.25) is 0 Å². The molecule has 218 valence electrons. The first-order chi connectivity index (χ1) is 19.0. The second-order valence-corrected chi connectivity index (χ2v) is 14.8. The van der Waals surface area contributed by atoms with E-state index in [2.05, 4.69) is 123 Å². The third-order valence-corrected chi connectivity index (χ3v) is 14.7. The van der Waals surface area contributed by atoms with Crippen molar-refractivity contribution in [1.29, 1.82) is 0 Å². The van der Waals surface area contributed by atoms with Crippen molar-refractivity contribution >= 4 is 27.1 Å². The normalized spacial score (nSPS) is 18.1. The summed E-state index contributed by atoms with van der Waals surface area (Å²) in [6.07, 6.45) is 3.91. The van der Waals surface area contributed by atoms with Crippen molar-refractivity contribution < 1.29 is 0 Å². The van der Waals surface area contributed by atoms with Crippen molar-refractivity contribution in [3.8, 4) is 0 Å². The highest BCUT2D eigenvalue weighted by Gasteiger charge is 2.37. The lowest BCUT2D eigenvalue weighted by atomic mass is 9.84. The minimum Gasteiger partial charge on any atom is -0.267 e. The van der Waals surface area contributed by atoms with Crippen LogP contribution in [0.1, 0.15) is 97.6 Å². The van der Waals surface area contributed by atoms with Gasteiger partial charge in [-0.1, -0.05) is 110 Å². The van der Waals surface area contributed by atoms with Crippen molar-refractivity contribution in [3.63, 3.8) is 0 Å². The van der Waals surface area contributed by atoms with Gasteiger partial charge in [0.05, 0.1) is 16.4 Å². The highest BCUT2D eigenvalue weighted by atomic mass is 31.1. The smallest absolute Gasteiger partial charge is 0.0727 e. The average Bonchev–Trinajstić information content (AvgIpc) is 3.47. The third-order valence-electron chi connectivity index (χ3n) is 8.61. The Morgan fingerprint density at radius 3 is 1.05 bits per heavy atom. The molecule has 6 heteroatoms. The predicted octanol–water partition coefficient (Wildman–Crippen LogP) is 7.98. The van der Waals surface area contributed by atoms with E-state index in [-0.39, 0.29) is 0 Å². The second-order valence-electron chi connectivity index (χ2n) is 10.4. The minimum absolute atomic E-state index is 0.505. The molecule has 0 aromatic heterocycles. The molecule has 1 saturated carbocycles. The molecule has 2 atom stereocenters. The van der Waals surface area contributed by atoms with Gasteiger partial charge in [-0.3, -0.25) is 18.7 Å². The first-order valence-electron chi connectivity index (χ1n) is 15.8. The summed E-state index contributed by atoms with van der Waals surface area (Å²) in [7, 11) is -1.01. The van der Waals surface area contributed by atoms with Crippen LogP contribution < -0.4 is 10.6 Å². The summed E-state index contributed by atoms with van der Waals surface area (Å²) < 4.78 is 10.9. The van der Waals surface area contributed by atoms with Crippen LogP contribution in [0, 0.1) is 0 Å². The number of rotatable bonds is 16. The van der Waals surface area contributed by atoms with Gasteiger partial charge in [0.15, 0.2) is 0 Å². The Morgan fingerprint density at radius 1 is 0.487 bits per heavy atom. The molecule has 4 nitrogen and oxygen atoms in total. The lowest BCUT2D eigenvalue weighted by Crippen LogP contribution is -2.36. The third kappa shape index (κ3) is 7.32. The number of nitrogens with zero attached hydrogens (tertiary/aromatic N) is 4. The van der Waals surface area contributed by atoms with E-state index in [1.54, 1.807) is 21.7 Å². The van der Waals surface area contributed by atoms with Gasteiger partial charge in [0.1, 0.15) is 0 Å². The SMILES string of the molecule is CCN(CC)P(c1ccccc1C1CCCC1c1ccccc1P(N(CC)CC)N(CC)CC)N(CC)CC. The van der Waals surface area contributed by atoms with E-state index >= 15 is 0 Å². The molecule has 2 aromatic rings. The number of hydrogen-bond donors (Lipinski definition) is 0. The highest BCUT2D eigenvalue weighted by molar-refractivity contribution is 7.61. The zero-order valence-corrected chi connectivity index (χ0v) is 28.0. The molecule has 0 amide bonds. The minimum atomic E-state index is -0.505. The molecule has 0 N–H and O–H groups in total. The van der Waals surface area contributed by atoms with Crippen LogP contribution in [0.15, 0.2) is 48.5 Å². The summed E-state index contributed by atoms with van der Waals surface area (Å²) in [4.78, 5) is 0. The van der Waals surface area contributed by atoms with Gasteiger partial charge in [0.2, 0.25) is 0 Å². The van der Waals surface area contributed by atoms with Gasteiger partial charge >= 0.3 is 0 Å². The molecule has 0 radical (unpaired) electrons. The van der Waals surface area contributed by atoms with Crippen LogP contribution in [0.5, 0.6) is 0 Å². The summed E-state index contributed by atoms with van der Waals surface area (Å²) in [6.45, 7) is 27.5. The molecule has 3 rings (SSSR count). The lowest BCUT2D eigenvalue weighted by Gasteiger charge is -2.41. The van der Waals surface area contributed by atoms with Crippen molar-refractivity contribution in [1.82, 2.24) is 18.7 Å². The Morgan fingerprint density at radius 2 is 0.769 bits per heavy atom. The maximum absolute atomic E-state index is 2.72. The highest BCUT2D eigenvalue weighted by Crippen LogP contribution is 2.52. The Kier molecular flexibility index (Phi) is 13.9. The summed E-state index contributed by atoms with van der Waals surface area (Å²) in [5, 5.41) is 3.20. The van der Waals surface area contributed by atoms with E-state index in [4.69, 9.17) is 0 Å². The van der Waals surface area contributed by atoms with Crippen LogP contribution in [-0.2, 0) is 0 Å². The average molecular weight is 571 g/mol. The fourth-order valence-corrected chi connectivity index (χ4v) is 12.1. The summed E-state index contributed by atoms with van der Waals surface area (Å²) in [5.41, 5.74) is 3.24. The van der Waals surface area contributed by atoms with E-state index in [1.165, 1.54) is 19.3 Å². The van der Waals surface area contributed by atoms with Crippen molar-refractivity contribution in [2.75, 3.05) is 52.4 Å². The van der Waals surface area contributed by atoms with Gasteiger partial charge in [-0.15, -0.1) is 0 Å². The molecule has 0 spiro atoms. The van der Waals surface area contributed by atoms with Crippen molar-refractivity contribution in [2.45, 2.75) is 86.5 Å². The first kappa shape index (κ1) is 32.7. The maximum atomic E-state index is 2.72. The van der Waals surface area contributed by atoms with E-state index in [9.17, 15) is 0 Å². The van der Waals surface area contributed by atoms with Crippen LogP contribution in [-0.4, -0.2) is 71.0 Å². The summed E-state index contributed by atoms with van der Waals surface area (Å²) >= 11 is 0. The van der Waals surface area contributed by atoms with Gasteiger partial charge in [0, 0.05) is 63.0 Å². The molecule has 1 fully saturated rings. The van der Waals surface area contributed by atoms with Gasteiger partial charge < -0.3 is 0 Å². The van der Waals surface area contributed by atoms with Crippen LogP contribution in [0.4, 0.5) is 0 Å². The maximum Gasteiger partial charge on any atom is 0.0727 e. The molecule has 1 aliphatic carbocycles. The van der Waals surface area contributed by atoms with E-state index < -0.39 is 16.4 Å². The monoisotopic (exact) mass is 570 g/mol. The quantitative estimate of drug-likeness (QED) is 0.190. The lowest BCUT2D eigenvalue weighted by molar-refractivity contribution is 0.429. The molecular weight excluding hydrogens is 514 g/mol. The fraction of sp³-hybridized carbons (Fsp3) is 0.636. The topological polar surface area (TPSA) is 13.0 Å². The zero-order valence-electron chi connectivity index (χ0n) is 26.2. The zero-order chi connectivity index (χ0) is 28.4. The fourth-order valence-electron chi connectivity index (χ4n) is 6.60. The summed E-state index contributed by atoms with van der Waals surface area (Å²) in [5.74, 6) is 1.17. The number of hydrogen-bond acceptors (Lipinski definition) is 4. The Hall–Kier alpha value is -0.860. The van der Waals surface area contributed by atoms with Crippen molar-refractivity contribution in [2.24, 2.45) is 0 Å². The predicted molar refractivity (Wildman–Crippen MR) is 177 cm³/mol. The Balaban J connectivity index is 2.13. The molecule has 0 saturated heterocycles. The summed E-state index contributed by atoms with van der Waals surface area (Å²) in [6, 6.07) is 19.1. The standard InChI is InChI=1S/C33H56N4P2/c1-9-34(10-2)38(35(11-3)12-4)32-26-19-17-22-30(32)28-24-21-25-29(28)31-23-18-20-27-33(31)39(36(13-5)14-6)37(15-7)16-8/h17-20,22-23,26-29H,9-16,21,24-25H2,1-8H3. The largest absolute Gasteiger partial charge is 0.267 e. The Bertz CT molecular complexity index is 868. The molecule has 1 aliphatic rings. The van der Waals surface area contributed by atoms with Gasteiger partial charge in [0.25, 0.3) is 0 Å². The number of benzene rings is 2. The van der Waals surface area contributed by atoms with Gasteiger partial charge in [-0.25, -0.2) is 0 Å². The molecule has 0 heterocycles. The molecule has 39 heavy (non-hydrogen) atoms. The van der Waals surface area contributed by atoms with Gasteiger partial charge in [-0.2, -0.15) is 0 Å². The molecular formula is C33H56N4P2. The van der Waals surface area contributed by atoms with E-state index in [0.29, 0.717) is 11.8 Å². The second kappa shape index (κ2) is 16.5. The van der Waals surface area contributed by atoms with Crippen LogP contribution >= 0.6 is 16.4 Å². The molecule has 0 aliphatic heterocycles.